The van der Waals surface area contributed by atoms with Crippen LogP contribution in [-0.4, -0.2) is 30.0 Å². The number of anilines is 1. The quantitative estimate of drug-likeness (QED) is 0.796. The molecule has 0 N–H and O–H groups in total. The number of benzene rings is 1. The molecule has 0 unspecified atom stereocenters. The van der Waals surface area contributed by atoms with Gasteiger partial charge in [-0.15, -0.1) is 0 Å². The molecule has 3 rings (SSSR count). The first-order chi connectivity index (χ1) is 11.5. The third-order valence-electron chi connectivity index (χ3n) is 3.55. The topological polar surface area (TPSA) is 83.3 Å². The van der Waals surface area contributed by atoms with Crippen LogP contribution in [0.2, 0.25) is 0 Å². The number of carbonyl (C=O) groups is 2. The summed E-state index contributed by atoms with van der Waals surface area (Å²) in [5.41, 5.74) is 0.0145. The first-order valence-corrected chi connectivity index (χ1v) is 7.94. The maximum atomic E-state index is 13.5. The lowest BCUT2D eigenvalue weighted by atomic mass is 10.1. The Morgan fingerprint density at radius 3 is 2.83 bits per heavy atom. The predicted molar refractivity (Wildman–Crippen MR) is 84.4 cm³/mol. The van der Waals surface area contributed by atoms with Crippen molar-refractivity contribution < 1.29 is 18.7 Å². The van der Waals surface area contributed by atoms with E-state index in [2.05, 4.69) is 9.72 Å². The Kier molecular flexibility index (Phi) is 4.27. The maximum absolute atomic E-state index is 13.5. The molecular formula is C16H12FN3O3S. The number of aromatic nitrogens is 1. The molecule has 0 spiro atoms. The Labute approximate surface area is 141 Å². The summed E-state index contributed by atoms with van der Waals surface area (Å²) < 4.78 is 18.1. The van der Waals surface area contributed by atoms with Crippen LogP contribution < -0.4 is 4.90 Å². The molecule has 24 heavy (non-hydrogen) atoms. The van der Waals surface area contributed by atoms with Crippen LogP contribution in [0.5, 0.6) is 0 Å². The summed E-state index contributed by atoms with van der Waals surface area (Å²) in [5, 5.41) is 9.30. The molecular weight excluding hydrogens is 333 g/mol. The van der Waals surface area contributed by atoms with Gasteiger partial charge in [-0.3, -0.25) is 9.69 Å². The summed E-state index contributed by atoms with van der Waals surface area (Å²) in [5.74, 6) is -1.57. The Morgan fingerprint density at radius 1 is 1.46 bits per heavy atom. The van der Waals surface area contributed by atoms with Crippen LogP contribution in [-0.2, 0) is 4.74 Å². The average molecular weight is 345 g/mol. The minimum absolute atomic E-state index is 0.00950. The van der Waals surface area contributed by atoms with Crippen molar-refractivity contribution in [2.45, 2.75) is 18.9 Å². The maximum Gasteiger partial charge on any atom is 0.349 e. The van der Waals surface area contributed by atoms with Crippen LogP contribution >= 0.6 is 11.3 Å². The van der Waals surface area contributed by atoms with Crippen LogP contribution in [0.1, 0.15) is 38.4 Å². The second-order valence-corrected chi connectivity index (χ2v) is 6.22. The molecule has 1 aliphatic carbocycles. The highest BCUT2D eigenvalue weighted by molar-refractivity contribution is 7.17. The second-order valence-electron chi connectivity index (χ2n) is 5.21. The summed E-state index contributed by atoms with van der Waals surface area (Å²) in [6, 6.07) is 5.37. The van der Waals surface area contributed by atoms with E-state index >= 15 is 0 Å². The Morgan fingerprint density at radius 2 is 2.21 bits per heavy atom. The number of nitriles is 1. The van der Waals surface area contributed by atoms with Crippen molar-refractivity contribution in [3.63, 3.8) is 0 Å². The van der Waals surface area contributed by atoms with Crippen molar-refractivity contribution in [3.8, 4) is 6.07 Å². The summed E-state index contributed by atoms with van der Waals surface area (Å²) >= 11 is 1.06. The molecule has 1 saturated carbocycles. The van der Waals surface area contributed by atoms with E-state index in [1.165, 1.54) is 30.3 Å². The van der Waals surface area contributed by atoms with Gasteiger partial charge >= 0.3 is 5.97 Å². The Balaban J connectivity index is 1.94. The molecule has 1 aromatic heterocycles. The summed E-state index contributed by atoms with van der Waals surface area (Å²) in [6.07, 6.45) is 3.01. The number of esters is 1. The van der Waals surface area contributed by atoms with E-state index in [0.29, 0.717) is 10.0 Å². The molecule has 122 valence electrons. The predicted octanol–water partition coefficient (Wildman–Crippen LogP) is 2.75. The molecule has 1 heterocycles. The monoisotopic (exact) mass is 345 g/mol. The number of halogens is 1. The van der Waals surface area contributed by atoms with Crippen LogP contribution in [0.15, 0.2) is 24.4 Å². The first kappa shape index (κ1) is 16.1. The molecule has 1 amide bonds. The van der Waals surface area contributed by atoms with Gasteiger partial charge in [0.2, 0.25) is 0 Å². The number of amides is 1. The van der Waals surface area contributed by atoms with Crippen LogP contribution in [0.4, 0.5) is 9.52 Å². The third-order valence-corrected chi connectivity index (χ3v) is 4.53. The van der Waals surface area contributed by atoms with Crippen molar-refractivity contribution in [1.82, 2.24) is 4.98 Å². The van der Waals surface area contributed by atoms with Crippen molar-refractivity contribution in [2.24, 2.45) is 0 Å². The van der Waals surface area contributed by atoms with Crippen molar-refractivity contribution >= 4 is 28.3 Å². The highest BCUT2D eigenvalue weighted by Gasteiger charge is 2.36. The lowest BCUT2D eigenvalue weighted by Gasteiger charge is -2.19. The molecule has 1 fully saturated rings. The zero-order chi connectivity index (χ0) is 17.3. The van der Waals surface area contributed by atoms with Gasteiger partial charge in [-0.25, -0.2) is 14.2 Å². The number of thiazole rings is 1. The lowest BCUT2D eigenvalue weighted by molar-refractivity contribution is 0.0606. The highest BCUT2D eigenvalue weighted by atomic mass is 32.1. The molecule has 1 aromatic carbocycles. The molecule has 0 atom stereocenters. The van der Waals surface area contributed by atoms with E-state index < -0.39 is 11.8 Å². The Bertz CT molecular complexity index is 854. The molecule has 2 aromatic rings. The van der Waals surface area contributed by atoms with Gasteiger partial charge in [0, 0.05) is 11.6 Å². The SMILES string of the molecule is COC(=O)c1cnc(N(C(=O)c2ccc(F)c(C#N)c2)C2CC2)s1. The molecule has 8 heteroatoms. The van der Waals surface area contributed by atoms with E-state index in [4.69, 9.17) is 5.26 Å². The van der Waals surface area contributed by atoms with Gasteiger partial charge in [0.25, 0.3) is 5.91 Å². The Hall–Kier alpha value is -2.79. The van der Waals surface area contributed by atoms with Crippen molar-refractivity contribution in [3.05, 3.63) is 46.2 Å². The fourth-order valence-corrected chi connectivity index (χ4v) is 3.10. The molecule has 0 bridgehead atoms. The van der Waals surface area contributed by atoms with Gasteiger partial charge in [-0.1, -0.05) is 11.3 Å². The number of rotatable bonds is 4. The number of methoxy groups -OCH3 is 1. The molecule has 0 saturated heterocycles. The van der Waals surface area contributed by atoms with Crippen LogP contribution in [0, 0.1) is 17.1 Å². The van der Waals surface area contributed by atoms with Gasteiger partial charge < -0.3 is 4.74 Å². The lowest BCUT2D eigenvalue weighted by Crippen LogP contribution is -2.33. The van der Waals surface area contributed by atoms with E-state index in [1.54, 1.807) is 6.07 Å². The summed E-state index contributed by atoms with van der Waals surface area (Å²) in [6.45, 7) is 0. The van der Waals surface area contributed by atoms with Gasteiger partial charge in [0.1, 0.15) is 16.8 Å². The zero-order valence-electron chi connectivity index (χ0n) is 12.7. The first-order valence-electron chi connectivity index (χ1n) is 7.12. The minimum atomic E-state index is -0.672. The standard InChI is InChI=1S/C16H12FN3O3S/c1-23-15(22)13-8-19-16(24-13)20(11-3-4-11)14(21)9-2-5-12(17)10(6-9)7-18/h2,5-6,8,11H,3-4H2,1H3. The molecule has 0 aliphatic heterocycles. The fourth-order valence-electron chi connectivity index (χ4n) is 2.20. The van der Waals surface area contributed by atoms with Gasteiger partial charge in [-0.05, 0) is 31.0 Å². The highest BCUT2D eigenvalue weighted by Crippen LogP contribution is 2.35. The fraction of sp³-hybridized carbons (Fsp3) is 0.250. The second kappa shape index (κ2) is 6.37. The third kappa shape index (κ3) is 2.98. The number of hydrogen-bond acceptors (Lipinski definition) is 6. The number of nitrogens with zero attached hydrogens (tertiary/aromatic N) is 3. The summed E-state index contributed by atoms with van der Waals surface area (Å²) in [4.78, 5) is 30.3. The average Bonchev–Trinajstić information content (AvgIpc) is 3.31. The normalized spacial score (nSPS) is 13.2. The van der Waals surface area contributed by atoms with Gasteiger partial charge in [-0.2, -0.15) is 5.26 Å². The van der Waals surface area contributed by atoms with Crippen molar-refractivity contribution in [1.29, 1.82) is 5.26 Å². The molecule has 1 aliphatic rings. The summed E-state index contributed by atoms with van der Waals surface area (Å²) in [7, 11) is 1.27. The minimum Gasteiger partial charge on any atom is -0.465 e. The smallest absolute Gasteiger partial charge is 0.349 e. The number of carbonyl (C=O) groups excluding carboxylic acids is 2. The molecule has 6 nitrogen and oxygen atoms in total. The number of hydrogen-bond donors (Lipinski definition) is 0. The molecule has 0 radical (unpaired) electrons. The van der Waals surface area contributed by atoms with E-state index in [9.17, 15) is 14.0 Å². The van der Waals surface area contributed by atoms with Crippen molar-refractivity contribution in [2.75, 3.05) is 12.0 Å². The van der Waals surface area contributed by atoms with E-state index in [-0.39, 0.29) is 23.1 Å². The zero-order valence-corrected chi connectivity index (χ0v) is 13.5. The van der Waals surface area contributed by atoms with Crippen LogP contribution in [0.3, 0.4) is 0 Å². The van der Waals surface area contributed by atoms with Gasteiger partial charge in [0.15, 0.2) is 5.13 Å². The largest absolute Gasteiger partial charge is 0.465 e. The van der Waals surface area contributed by atoms with E-state index in [0.717, 1.165) is 30.2 Å². The van der Waals surface area contributed by atoms with Crippen LogP contribution in [0.25, 0.3) is 0 Å². The number of ether oxygens (including phenoxy) is 1. The van der Waals surface area contributed by atoms with Gasteiger partial charge in [0.05, 0.1) is 18.9 Å². The van der Waals surface area contributed by atoms with E-state index in [1.807, 2.05) is 0 Å².